The standard InChI is InChI=1S/C12H12O/c13-10-8-2-3-9-11(7-4-8)5-1-6-12(9,10)11/h2-4,7-9H,1,5-6H2. The van der Waals surface area contributed by atoms with Crippen LogP contribution < -0.4 is 0 Å². The molecule has 1 heteroatoms. The van der Waals surface area contributed by atoms with Gasteiger partial charge in [0.05, 0.1) is 5.92 Å². The highest BCUT2D eigenvalue weighted by Gasteiger charge is 2.81. The topological polar surface area (TPSA) is 17.1 Å². The van der Waals surface area contributed by atoms with Gasteiger partial charge in [-0.25, -0.2) is 0 Å². The van der Waals surface area contributed by atoms with E-state index in [0.717, 1.165) is 6.42 Å². The van der Waals surface area contributed by atoms with Crippen molar-refractivity contribution in [2.24, 2.45) is 22.7 Å². The lowest BCUT2D eigenvalue weighted by atomic mass is 9.78. The first-order valence-corrected chi connectivity index (χ1v) is 5.23. The molecule has 0 aromatic rings. The van der Waals surface area contributed by atoms with E-state index in [9.17, 15) is 4.79 Å². The summed E-state index contributed by atoms with van der Waals surface area (Å²) in [6.07, 6.45) is 12.6. The molecule has 0 radical (unpaired) electrons. The normalized spacial score (nSPS) is 59.5. The van der Waals surface area contributed by atoms with Crippen molar-refractivity contribution < 1.29 is 4.79 Å². The Labute approximate surface area is 77.5 Å². The predicted molar refractivity (Wildman–Crippen MR) is 49.0 cm³/mol. The van der Waals surface area contributed by atoms with Gasteiger partial charge in [0.25, 0.3) is 0 Å². The van der Waals surface area contributed by atoms with Crippen LogP contribution in [0.4, 0.5) is 0 Å². The molecule has 0 saturated heterocycles. The van der Waals surface area contributed by atoms with Gasteiger partial charge in [-0.05, 0) is 12.8 Å². The van der Waals surface area contributed by atoms with Gasteiger partial charge in [-0.3, -0.25) is 4.79 Å². The molecule has 0 aliphatic heterocycles. The number of rotatable bonds is 0. The lowest BCUT2D eigenvalue weighted by molar-refractivity contribution is -0.127. The van der Waals surface area contributed by atoms with E-state index in [0.29, 0.717) is 17.1 Å². The lowest BCUT2D eigenvalue weighted by Crippen LogP contribution is -2.29. The minimum atomic E-state index is 0.0984. The van der Waals surface area contributed by atoms with Crippen molar-refractivity contribution in [2.45, 2.75) is 19.3 Å². The maximum atomic E-state index is 12.1. The third-order valence-corrected chi connectivity index (χ3v) is 4.85. The van der Waals surface area contributed by atoms with Gasteiger partial charge in [-0.1, -0.05) is 30.7 Å². The van der Waals surface area contributed by atoms with E-state index in [2.05, 4.69) is 24.3 Å². The third kappa shape index (κ3) is 0.420. The molecule has 4 rings (SSSR count). The molecular formula is C12H12O. The highest BCUT2D eigenvalue weighted by atomic mass is 16.1. The van der Waals surface area contributed by atoms with Crippen LogP contribution in [0.15, 0.2) is 24.3 Å². The van der Waals surface area contributed by atoms with Gasteiger partial charge in [-0.2, -0.15) is 0 Å². The fraction of sp³-hybridized carbons (Fsp3) is 0.583. The summed E-state index contributed by atoms with van der Waals surface area (Å²) in [7, 11) is 0. The maximum absolute atomic E-state index is 12.1. The van der Waals surface area contributed by atoms with Gasteiger partial charge in [0.2, 0.25) is 0 Å². The number of carbonyl (C=O) groups is 1. The molecule has 4 unspecified atom stereocenters. The molecule has 1 nitrogen and oxygen atoms in total. The monoisotopic (exact) mass is 172 g/mol. The minimum Gasteiger partial charge on any atom is -0.298 e. The Bertz CT molecular complexity index is 379. The van der Waals surface area contributed by atoms with Crippen LogP contribution in [0.1, 0.15) is 19.3 Å². The molecule has 2 fully saturated rings. The number of allylic oxidation sites excluding steroid dienone is 4. The van der Waals surface area contributed by atoms with Crippen molar-refractivity contribution in [1.82, 2.24) is 0 Å². The third-order valence-electron chi connectivity index (χ3n) is 4.85. The van der Waals surface area contributed by atoms with Crippen molar-refractivity contribution in [1.29, 1.82) is 0 Å². The fourth-order valence-electron chi connectivity index (χ4n) is 4.31. The van der Waals surface area contributed by atoms with E-state index in [1.807, 2.05) is 0 Å². The average Bonchev–Trinajstić information content (AvgIpc) is 2.61. The fourth-order valence-corrected chi connectivity index (χ4v) is 4.31. The van der Waals surface area contributed by atoms with Crippen LogP contribution in [0.5, 0.6) is 0 Å². The zero-order valence-electron chi connectivity index (χ0n) is 7.49. The summed E-state index contributed by atoms with van der Waals surface area (Å²) in [5.41, 5.74) is 0.398. The van der Waals surface area contributed by atoms with Gasteiger partial charge in [-0.15, -0.1) is 0 Å². The second-order valence-electron chi connectivity index (χ2n) is 4.98. The van der Waals surface area contributed by atoms with Crippen LogP contribution in [-0.2, 0) is 4.79 Å². The van der Waals surface area contributed by atoms with E-state index in [4.69, 9.17) is 0 Å². The van der Waals surface area contributed by atoms with Crippen molar-refractivity contribution in [2.75, 3.05) is 0 Å². The van der Waals surface area contributed by atoms with Gasteiger partial charge in [0.1, 0.15) is 0 Å². The Balaban J connectivity index is 2.06. The summed E-state index contributed by atoms with van der Waals surface area (Å²) < 4.78 is 0. The Hall–Kier alpha value is -0.850. The second-order valence-corrected chi connectivity index (χ2v) is 4.98. The highest BCUT2D eigenvalue weighted by Crippen LogP contribution is 2.82. The van der Waals surface area contributed by atoms with E-state index in [1.54, 1.807) is 0 Å². The molecule has 0 aromatic carbocycles. The first-order valence-electron chi connectivity index (χ1n) is 5.23. The molecule has 0 aromatic heterocycles. The number of Topliss-reactive ketones (excluding diaryl/α,β-unsaturated/α-hetero) is 1. The number of carbonyl (C=O) groups excluding carboxylic acids is 1. The molecule has 13 heavy (non-hydrogen) atoms. The predicted octanol–water partition coefficient (Wildman–Crippen LogP) is 2.10. The van der Waals surface area contributed by atoms with Gasteiger partial charge < -0.3 is 0 Å². The zero-order chi connectivity index (χ0) is 8.68. The molecule has 0 heterocycles. The largest absolute Gasteiger partial charge is 0.298 e. The molecule has 0 amide bonds. The molecular weight excluding hydrogens is 160 g/mol. The summed E-state index contributed by atoms with van der Waals surface area (Å²) in [6.45, 7) is 0. The number of hydrogen-bond acceptors (Lipinski definition) is 1. The molecule has 4 atom stereocenters. The molecule has 1 spiro atoms. The minimum absolute atomic E-state index is 0.0984. The van der Waals surface area contributed by atoms with Gasteiger partial charge in [0.15, 0.2) is 5.78 Å². The smallest absolute Gasteiger partial charge is 0.151 e. The van der Waals surface area contributed by atoms with E-state index in [1.165, 1.54) is 12.8 Å². The quantitative estimate of drug-likeness (QED) is 0.511. The summed E-state index contributed by atoms with van der Waals surface area (Å²) in [5, 5.41) is 0. The van der Waals surface area contributed by atoms with Crippen LogP contribution in [0.2, 0.25) is 0 Å². The van der Waals surface area contributed by atoms with Crippen LogP contribution in [-0.4, -0.2) is 5.78 Å². The lowest BCUT2D eigenvalue weighted by Gasteiger charge is -2.23. The number of fused-ring (bicyclic) bond motifs is 1. The summed E-state index contributed by atoms with van der Waals surface area (Å²) in [4.78, 5) is 12.1. The van der Waals surface area contributed by atoms with Crippen molar-refractivity contribution in [3.63, 3.8) is 0 Å². The molecule has 4 aliphatic rings. The number of ketones is 1. The molecule has 0 N–H and O–H groups in total. The Morgan fingerprint density at radius 3 is 3.08 bits per heavy atom. The van der Waals surface area contributed by atoms with Gasteiger partial charge in [0, 0.05) is 16.7 Å². The second kappa shape index (κ2) is 1.56. The SMILES string of the molecule is O=C1C2C=CC3C4(C=C2)CCCC134. The first-order chi connectivity index (χ1) is 6.31. The Kier molecular flexibility index (Phi) is 0.789. The van der Waals surface area contributed by atoms with Crippen LogP contribution in [0.25, 0.3) is 0 Å². The number of hydrogen-bond donors (Lipinski definition) is 0. The zero-order valence-corrected chi connectivity index (χ0v) is 7.49. The van der Waals surface area contributed by atoms with Crippen molar-refractivity contribution in [3.8, 4) is 0 Å². The highest BCUT2D eigenvalue weighted by molar-refractivity contribution is 5.98. The molecule has 2 bridgehead atoms. The summed E-state index contributed by atoms with van der Waals surface area (Å²) in [6, 6.07) is 0. The van der Waals surface area contributed by atoms with E-state index < -0.39 is 0 Å². The van der Waals surface area contributed by atoms with Gasteiger partial charge >= 0.3 is 0 Å². The summed E-state index contributed by atoms with van der Waals surface area (Å²) in [5.74, 6) is 1.24. The van der Waals surface area contributed by atoms with Crippen LogP contribution in [0.3, 0.4) is 0 Å². The van der Waals surface area contributed by atoms with Crippen molar-refractivity contribution >= 4 is 5.78 Å². The van der Waals surface area contributed by atoms with Crippen LogP contribution >= 0.6 is 0 Å². The molecule has 66 valence electrons. The Morgan fingerprint density at radius 2 is 2.15 bits per heavy atom. The van der Waals surface area contributed by atoms with Crippen LogP contribution in [0, 0.1) is 22.7 Å². The van der Waals surface area contributed by atoms with E-state index in [-0.39, 0.29) is 11.3 Å². The average molecular weight is 172 g/mol. The van der Waals surface area contributed by atoms with E-state index >= 15 is 0 Å². The summed E-state index contributed by atoms with van der Waals surface area (Å²) >= 11 is 0. The Morgan fingerprint density at radius 1 is 1.23 bits per heavy atom. The maximum Gasteiger partial charge on any atom is 0.151 e. The molecule has 4 aliphatic carbocycles. The molecule has 2 saturated carbocycles. The van der Waals surface area contributed by atoms with Crippen molar-refractivity contribution in [3.05, 3.63) is 24.3 Å². The first kappa shape index (κ1) is 6.58.